The fourth-order valence-corrected chi connectivity index (χ4v) is 4.08. The van der Waals surface area contributed by atoms with Crippen LogP contribution in [0.2, 0.25) is 0 Å². The Morgan fingerprint density at radius 1 is 1.38 bits per heavy atom. The maximum atomic E-state index is 10.5. The van der Waals surface area contributed by atoms with E-state index in [0.29, 0.717) is 17.4 Å². The molecule has 0 radical (unpaired) electrons. The summed E-state index contributed by atoms with van der Waals surface area (Å²) in [5, 5.41) is 14.1. The van der Waals surface area contributed by atoms with Crippen LogP contribution in [-0.4, -0.2) is 23.3 Å². The van der Waals surface area contributed by atoms with E-state index >= 15 is 0 Å². The molecule has 2 saturated carbocycles. The predicted molar refractivity (Wildman–Crippen MR) is 51.4 cm³/mol. The van der Waals surface area contributed by atoms with E-state index in [4.69, 9.17) is 0 Å². The highest BCUT2D eigenvalue weighted by molar-refractivity contribution is 5.11. The van der Waals surface area contributed by atoms with Crippen molar-refractivity contribution in [3.8, 4) is 0 Å². The fraction of sp³-hybridized carbons (Fsp3) is 1.00. The molecule has 3 aliphatic rings. The van der Waals surface area contributed by atoms with Crippen molar-refractivity contribution in [2.24, 2.45) is 11.3 Å². The van der Waals surface area contributed by atoms with E-state index in [-0.39, 0.29) is 5.60 Å². The van der Waals surface area contributed by atoms with Crippen LogP contribution >= 0.6 is 0 Å². The average molecular weight is 181 g/mol. The van der Waals surface area contributed by atoms with E-state index in [1.807, 2.05) is 0 Å². The second-order valence-electron chi connectivity index (χ2n) is 5.75. The fourth-order valence-electron chi connectivity index (χ4n) is 4.08. The van der Waals surface area contributed by atoms with Crippen molar-refractivity contribution in [1.82, 2.24) is 5.32 Å². The number of aliphatic hydroxyl groups is 1. The third-order valence-corrected chi connectivity index (χ3v) is 4.64. The molecule has 2 bridgehead atoms. The van der Waals surface area contributed by atoms with Crippen LogP contribution in [0.1, 0.15) is 39.0 Å². The van der Waals surface area contributed by atoms with E-state index in [9.17, 15) is 5.11 Å². The first-order valence-electron chi connectivity index (χ1n) is 5.57. The quantitative estimate of drug-likeness (QED) is 0.590. The molecule has 74 valence electrons. The first-order valence-corrected chi connectivity index (χ1v) is 5.57. The van der Waals surface area contributed by atoms with E-state index in [1.165, 1.54) is 19.3 Å². The van der Waals surface area contributed by atoms with Gasteiger partial charge in [0.15, 0.2) is 0 Å². The van der Waals surface area contributed by atoms with Gasteiger partial charge in [-0.2, -0.15) is 0 Å². The second kappa shape index (κ2) is 2.29. The van der Waals surface area contributed by atoms with Gasteiger partial charge in [-0.1, -0.05) is 6.92 Å². The lowest BCUT2D eigenvalue weighted by Crippen LogP contribution is -2.48. The minimum atomic E-state index is -0.304. The van der Waals surface area contributed by atoms with Gasteiger partial charge in [0.05, 0.1) is 5.60 Å². The van der Waals surface area contributed by atoms with Crippen LogP contribution in [0, 0.1) is 11.3 Å². The molecule has 3 rings (SSSR count). The third kappa shape index (κ3) is 1.02. The van der Waals surface area contributed by atoms with E-state index in [2.05, 4.69) is 12.2 Å². The summed E-state index contributed by atoms with van der Waals surface area (Å²) < 4.78 is 0. The number of nitrogens with one attached hydrogen (secondary N) is 1. The average Bonchev–Trinajstić information content (AvgIpc) is 2.57. The van der Waals surface area contributed by atoms with Crippen LogP contribution in [-0.2, 0) is 0 Å². The Bertz CT molecular complexity index is 242. The number of hydrogen-bond acceptors (Lipinski definition) is 2. The van der Waals surface area contributed by atoms with Crippen LogP contribution in [0.25, 0.3) is 0 Å². The molecule has 1 saturated heterocycles. The summed E-state index contributed by atoms with van der Waals surface area (Å²) in [6, 6.07) is 0.617. The largest absolute Gasteiger partial charge is 0.390 e. The summed E-state index contributed by atoms with van der Waals surface area (Å²) in [4.78, 5) is 0. The molecule has 3 fully saturated rings. The second-order valence-corrected chi connectivity index (χ2v) is 5.75. The van der Waals surface area contributed by atoms with Gasteiger partial charge < -0.3 is 10.4 Å². The molecule has 1 heterocycles. The lowest BCUT2D eigenvalue weighted by molar-refractivity contribution is -0.0510. The molecule has 0 aromatic rings. The molecular formula is C11H19NO. The third-order valence-electron chi connectivity index (χ3n) is 4.64. The van der Waals surface area contributed by atoms with Crippen LogP contribution in [0.4, 0.5) is 0 Å². The smallest absolute Gasteiger partial charge is 0.0696 e. The van der Waals surface area contributed by atoms with Gasteiger partial charge in [0, 0.05) is 12.0 Å². The molecule has 1 aliphatic heterocycles. The molecule has 2 N–H and O–H groups in total. The molecule has 4 atom stereocenters. The highest BCUT2D eigenvalue weighted by atomic mass is 16.3. The molecule has 2 aliphatic carbocycles. The van der Waals surface area contributed by atoms with Gasteiger partial charge in [0.1, 0.15) is 0 Å². The van der Waals surface area contributed by atoms with Crippen LogP contribution in [0.5, 0.6) is 0 Å². The Morgan fingerprint density at radius 3 is 3.08 bits per heavy atom. The monoisotopic (exact) mass is 181 g/mol. The molecule has 0 aromatic heterocycles. The Morgan fingerprint density at radius 2 is 2.23 bits per heavy atom. The normalized spacial score (nSPS) is 59.5. The first-order chi connectivity index (χ1) is 6.11. The Balaban J connectivity index is 1.96. The topological polar surface area (TPSA) is 32.3 Å². The van der Waals surface area contributed by atoms with Gasteiger partial charge in [0.2, 0.25) is 0 Å². The Hall–Kier alpha value is -0.0800. The van der Waals surface area contributed by atoms with Gasteiger partial charge in [-0.25, -0.2) is 0 Å². The van der Waals surface area contributed by atoms with E-state index in [0.717, 1.165) is 19.4 Å². The van der Waals surface area contributed by atoms with E-state index in [1.54, 1.807) is 0 Å². The number of fused-ring (bicyclic) bond motifs is 4. The first kappa shape index (κ1) is 8.25. The maximum Gasteiger partial charge on any atom is 0.0696 e. The SMILES string of the molecule is C[C@@]12CC[C@@](O)(C1)[C@@H]1CCN[C@@H]1C2. The van der Waals surface area contributed by atoms with Gasteiger partial charge in [-0.05, 0) is 44.1 Å². The van der Waals surface area contributed by atoms with Crippen molar-refractivity contribution in [2.45, 2.75) is 50.7 Å². The molecule has 2 nitrogen and oxygen atoms in total. The molecule has 0 aromatic carbocycles. The standard InChI is InChI=1S/C11H19NO/c1-10-3-4-11(13,7-10)8-2-5-12-9(8)6-10/h8-9,12-13H,2-7H2,1H3/t8-,9-,10+,11-/m1/s1. The number of rotatable bonds is 0. The predicted octanol–water partition coefficient (Wildman–Crippen LogP) is 1.29. The van der Waals surface area contributed by atoms with Gasteiger partial charge >= 0.3 is 0 Å². The number of hydrogen-bond donors (Lipinski definition) is 2. The summed E-state index contributed by atoms with van der Waals surface area (Å²) >= 11 is 0. The van der Waals surface area contributed by atoms with Crippen molar-refractivity contribution in [2.75, 3.05) is 6.54 Å². The van der Waals surface area contributed by atoms with Crippen LogP contribution in [0.3, 0.4) is 0 Å². The van der Waals surface area contributed by atoms with Crippen LogP contribution < -0.4 is 5.32 Å². The zero-order valence-corrected chi connectivity index (χ0v) is 8.34. The van der Waals surface area contributed by atoms with Crippen molar-refractivity contribution >= 4 is 0 Å². The van der Waals surface area contributed by atoms with Crippen LogP contribution in [0.15, 0.2) is 0 Å². The van der Waals surface area contributed by atoms with Crippen molar-refractivity contribution in [3.05, 3.63) is 0 Å². The molecule has 0 amide bonds. The van der Waals surface area contributed by atoms with Crippen molar-refractivity contribution in [3.63, 3.8) is 0 Å². The zero-order chi connectivity index (χ0) is 9.10. The summed E-state index contributed by atoms with van der Waals surface area (Å²) in [5.74, 6) is 0.558. The highest BCUT2D eigenvalue weighted by Gasteiger charge is 2.57. The summed E-state index contributed by atoms with van der Waals surface area (Å²) in [5.41, 5.74) is 0.133. The molecule has 0 unspecified atom stereocenters. The minimum absolute atomic E-state index is 0.304. The van der Waals surface area contributed by atoms with Gasteiger partial charge in [-0.15, -0.1) is 0 Å². The van der Waals surface area contributed by atoms with Crippen molar-refractivity contribution in [1.29, 1.82) is 0 Å². The molecule has 0 spiro atoms. The lowest BCUT2D eigenvalue weighted by atomic mass is 9.68. The van der Waals surface area contributed by atoms with Crippen molar-refractivity contribution < 1.29 is 5.11 Å². The van der Waals surface area contributed by atoms with Gasteiger partial charge in [-0.3, -0.25) is 0 Å². The minimum Gasteiger partial charge on any atom is -0.390 e. The summed E-state index contributed by atoms with van der Waals surface area (Å²) in [7, 11) is 0. The maximum absolute atomic E-state index is 10.5. The lowest BCUT2D eigenvalue weighted by Gasteiger charge is -2.42. The Labute approximate surface area is 79.7 Å². The summed E-state index contributed by atoms with van der Waals surface area (Å²) in [6.45, 7) is 3.47. The van der Waals surface area contributed by atoms with Gasteiger partial charge in [0.25, 0.3) is 0 Å². The highest BCUT2D eigenvalue weighted by Crippen LogP contribution is 2.57. The molecule has 13 heavy (non-hydrogen) atoms. The molecule has 2 heteroatoms. The van der Waals surface area contributed by atoms with E-state index < -0.39 is 0 Å². The molecular weight excluding hydrogens is 162 g/mol. The zero-order valence-electron chi connectivity index (χ0n) is 8.34. The summed E-state index contributed by atoms with van der Waals surface area (Å²) in [6.07, 6.45) is 5.82. The Kier molecular flexibility index (Phi) is 1.45.